The largest absolute Gasteiger partial charge is 0.352 e. The molecule has 0 unspecified atom stereocenters. The predicted molar refractivity (Wildman–Crippen MR) is 74.8 cm³/mol. The molecule has 6 nitrogen and oxygen atoms in total. The second-order valence-electron chi connectivity index (χ2n) is 6.27. The molecule has 1 N–H and O–H groups in total. The van der Waals surface area contributed by atoms with Gasteiger partial charge in [0.05, 0.1) is 6.07 Å². The van der Waals surface area contributed by atoms with E-state index >= 15 is 0 Å². The van der Waals surface area contributed by atoms with E-state index in [-0.39, 0.29) is 18.4 Å². The SMILES string of the molecule is CC(C)NC(=O)[C@H](C#N)C(=O)[C@@H]1CC(=O)N(CC2CC2)C1. The molecule has 1 heterocycles. The standard InChI is InChI=1S/C15H21N3O3/c1-9(2)17-15(21)12(6-16)14(20)11-5-13(19)18(8-11)7-10-3-4-10/h9-12H,3-5,7-8H2,1-2H3,(H,17,21)/t11-,12-/m1/s1. The van der Waals surface area contributed by atoms with Crippen LogP contribution in [0.1, 0.15) is 33.1 Å². The molecule has 1 aliphatic heterocycles. The van der Waals surface area contributed by atoms with Crippen LogP contribution in [-0.2, 0) is 14.4 Å². The van der Waals surface area contributed by atoms with Crippen molar-refractivity contribution in [3.8, 4) is 6.07 Å². The number of ketones is 1. The molecular weight excluding hydrogens is 270 g/mol. The van der Waals surface area contributed by atoms with Crippen molar-refractivity contribution in [2.24, 2.45) is 17.8 Å². The summed E-state index contributed by atoms with van der Waals surface area (Å²) in [7, 11) is 0. The summed E-state index contributed by atoms with van der Waals surface area (Å²) in [5.41, 5.74) is 0. The minimum atomic E-state index is -1.31. The van der Waals surface area contributed by atoms with Crippen LogP contribution >= 0.6 is 0 Å². The molecule has 0 aromatic rings. The van der Waals surface area contributed by atoms with Crippen molar-refractivity contribution in [3.05, 3.63) is 0 Å². The molecule has 21 heavy (non-hydrogen) atoms. The zero-order valence-electron chi connectivity index (χ0n) is 12.5. The minimum absolute atomic E-state index is 0.0405. The topological polar surface area (TPSA) is 90.3 Å². The lowest BCUT2D eigenvalue weighted by Crippen LogP contribution is -2.41. The summed E-state index contributed by atoms with van der Waals surface area (Å²) in [6.45, 7) is 4.60. The van der Waals surface area contributed by atoms with Crippen LogP contribution in [0.25, 0.3) is 0 Å². The Bertz CT molecular complexity index is 491. The number of likely N-dealkylation sites (tertiary alicyclic amines) is 1. The Morgan fingerprint density at radius 1 is 1.43 bits per heavy atom. The number of nitrogens with zero attached hydrogens (tertiary/aromatic N) is 2. The van der Waals surface area contributed by atoms with Crippen molar-refractivity contribution in [2.75, 3.05) is 13.1 Å². The quantitative estimate of drug-likeness (QED) is 0.721. The zero-order valence-corrected chi connectivity index (χ0v) is 12.5. The average Bonchev–Trinajstić information content (AvgIpc) is 3.13. The molecule has 0 bridgehead atoms. The molecule has 1 saturated heterocycles. The number of carbonyl (C=O) groups is 3. The van der Waals surface area contributed by atoms with E-state index in [1.165, 1.54) is 0 Å². The summed E-state index contributed by atoms with van der Waals surface area (Å²) in [4.78, 5) is 37.8. The normalized spacial score (nSPS) is 23.0. The van der Waals surface area contributed by atoms with Crippen molar-refractivity contribution in [1.82, 2.24) is 10.2 Å². The van der Waals surface area contributed by atoms with E-state index in [2.05, 4.69) is 5.32 Å². The molecule has 0 radical (unpaired) electrons. The van der Waals surface area contributed by atoms with Crippen molar-refractivity contribution >= 4 is 17.6 Å². The Balaban J connectivity index is 1.96. The van der Waals surface area contributed by atoms with Crippen LogP contribution < -0.4 is 5.32 Å². The van der Waals surface area contributed by atoms with Gasteiger partial charge in [0.15, 0.2) is 11.7 Å². The van der Waals surface area contributed by atoms with E-state index in [9.17, 15) is 14.4 Å². The maximum Gasteiger partial charge on any atom is 0.245 e. The van der Waals surface area contributed by atoms with Gasteiger partial charge in [-0.1, -0.05) is 0 Å². The number of carbonyl (C=O) groups excluding carboxylic acids is 3. The fourth-order valence-electron chi connectivity index (χ4n) is 2.61. The third-order valence-corrected chi connectivity index (χ3v) is 3.90. The van der Waals surface area contributed by atoms with Gasteiger partial charge in [-0.3, -0.25) is 14.4 Å². The molecule has 0 aromatic carbocycles. The Labute approximate surface area is 124 Å². The third kappa shape index (κ3) is 3.81. The van der Waals surface area contributed by atoms with E-state index in [1.54, 1.807) is 24.8 Å². The lowest BCUT2D eigenvalue weighted by atomic mass is 9.92. The number of rotatable bonds is 6. The van der Waals surface area contributed by atoms with Gasteiger partial charge in [-0.25, -0.2) is 0 Å². The molecule has 1 aliphatic carbocycles. The Morgan fingerprint density at radius 3 is 2.62 bits per heavy atom. The Hall–Kier alpha value is -1.90. The third-order valence-electron chi connectivity index (χ3n) is 3.90. The Kier molecular flexibility index (Phi) is 4.61. The maximum atomic E-state index is 12.3. The molecule has 6 heteroatoms. The first-order valence-electron chi connectivity index (χ1n) is 7.43. The van der Waals surface area contributed by atoms with E-state index in [1.807, 2.05) is 0 Å². The second kappa shape index (κ2) is 6.25. The van der Waals surface area contributed by atoms with Crippen molar-refractivity contribution in [1.29, 1.82) is 5.26 Å². The van der Waals surface area contributed by atoms with Gasteiger partial charge in [0, 0.05) is 31.5 Å². The number of nitrogens with one attached hydrogen (secondary N) is 1. The maximum absolute atomic E-state index is 12.3. The minimum Gasteiger partial charge on any atom is -0.352 e. The van der Waals surface area contributed by atoms with Crippen molar-refractivity contribution < 1.29 is 14.4 Å². The molecule has 0 spiro atoms. The number of hydrogen-bond donors (Lipinski definition) is 1. The number of amides is 2. The highest BCUT2D eigenvalue weighted by atomic mass is 16.2. The van der Waals surface area contributed by atoms with Crippen LogP contribution in [-0.4, -0.2) is 41.6 Å². The second-order valence-corrected chi connectivity index (χ2v) is 6.27. The zero-order chi connectivity index (χ0) is 15.6. The number of Topliss-reactive ketones (excluding diaryl/α,β-unsaturated/α-hetero) is 1. The van der Waals surface area contributed by atoms with Crippen LogP contribution in [0.15, 0.2) is 0 Å². The first-order valence-corrected chi connectivity index (χ1v) is 7.43. The fourth-order valence-corrected chi connectivity index (χ4v) is 2.61. The van der Waals surface area contributed by atoms with Gasteiger partial charge in [-0.05, 0) is 32.6 Å². The lowest BCUT2D eigenvalue weighted by Gasteiger charge is -2.17. The van der Waals surface area contributed by atoms with Crippen LogP contribution in [0.3, 0.4) is 0 Å². The average molecular weight is 291 g/mol. The smallest absolute Gasteiger partial charge is 0.245 e. The van der Waals surface area contributed by atoms with Crippen LogP contribution in [0.2, 0.25) is 0 Å². The van der Waals surface area contributed by atoms with E-state index in [0.717, 1.165) is 12.8 Å². The highest BCUT2D eigenvalue weighted by Crippen LogP contribution is 2.32. The molecule has 2 rings (SSSR count). The van der Waals surface area contributed by atoms with Crippen LogP contribution in [0.5, 0.6) is 0 Å². The van der Waals surface area contributed by atoms with Crippen LogP contribution in [0.4, 0.5) is 0 Å². The van der Waals surface area contributed by atoms with E-state index < -0.39 is 23.5 Å². The van der Waals surface area contributed by atoms with Gasteiger partial charge in [0.2, 0.25) is 11.8 Å². The summed E-state index contributed by atoms with van der Waals surface area (Å²) in [5.74, 6) is -2.31. The molecule has 1 saturated carbocycles. The summed E-state index contributed by atoms with van der Waals surface area (Å²) in [6.07, 6.45) is 2.40. The monoisotopic (exact) mass is 291 g/mol. The fraction of sp³-hybridized carbons (Fsp3) is 0.733. The van der Waals surface area contributed by atoms with Crippen molar-refractivity contribution in [2.45, 2.75) is 39.2 Å². The number of nitriles is 1. The predicted octanol–water partition coefficient (Wildman–Crippen LogP) is 0.478. The highest BCUT2D eigenvalue weighted by Gasteiger charge is 2.41. The summed E-state index contributed by atoms with van der Waals surface area (Å²) >= 11 is 0. The molecular formula is C15H21N3O3. The summed E-state index contributed by atoms with van der Waals surface area (Å²) in [5, 5.41) is 11.7. The van der Waals surface area contributed by atoms with Crippen LogP contribution in [0, 0.1) is 29.1 Å². The van der Waals surface area contributed by atoms with Gasteiger partial charge in [-0.2, -0.15) is 5.26 Å². The van der Waals surface area contributed by atoms with Crippen molar-refractivity contribution in [3.63, 3.8) is 0 Å². The molecule has 2 aliphatic rings. The van der Waals surface area contributed by atoms with E-state index in [0.29, 0.717) is 19.0 Å². The Morgan fingerprint density at radius 2 is 2.10 bits per heavy atom. The molecule has 2 amide bonds. The molecule has 2 atom stereocenters. The van der Waals surface area contributed by atoms with Gasteiger partial charge in [0.1, 0.15) is 0 Å². The number of hydrogen-bond acceptors (Lipinski definition) is 4. The molecule has 114 valence electrons. The molecule has 0 aromatic heterocycles. The molecule has 2 fully saturated rings. The van der Waals surface area contributed by atoms with Gasteiger partial charge < -0.3 is 10.2 Å². The van der Waals surface area contributed by atoms with E-state index in [4.69, 9.17) is 5.26 Å². The van der Waals surface area contributed by atoms with Gasteiger partial charge in [0.25, 0.3) is 0 Å². The summed E-state index contributed by atoms with van der Waals surface area (Å²) in [6, 6.07) is 1.65. The lowest BCUT2D eigenvalue weighted by molar-refractivity contribution is -0.134. The van der Waals surface area contributed by atoms with Gasteiger partial charge >= 0.3 is 0 Å². The summed E-state index contributed by atoms with van der Waals surface area (Å²) < 4.78 is 0. The first kappa shape index (κ1) is 15.5. The first-order chi connectivity index (χ1) is 9.92. The van der Waals surface area contributed by atoms with Gasteiger partial charge in [-0.15, -0.1) is 0 Å². The highest BCUT2D eigenvalue weighted by molar-refractivity contribution is 6.06.